The van der Waals surface area contributed by atoms with Crippen LogP contribution in [0.3, 0.4) is 0 Å². The molecular weight excluding hydrogens is 281 g/mol. The molecule has 0 saturated heterocycles. The van der Waals surface area contributed by atoms with Gasteiger partial charge in [0.15, 0.2) is 0 Å². The molecule has 0 aliphatic carbocycles. The fourth-order valence-electron chi connectivity index (χ4n) is 1.36. The number of primary amides is 1. The zero-order valence-corrected chi connectivity index (χ0v) is 10.6. The number of rotatable bonds is 5. The lowest BCUT2D eigenvalue weighted by Crippen LogP contribution is -2.38. The van der Waals surface area contributed by atoms with Crippen molar-refractivity contribution in [3.63, 3.8) is 0 Å². The standard InChI is InChI=1S/C10H13F2N2O4P/c11-10(12,19(16,17)18)7-3-1-6(2-4-7)5-8(13)9(14)15/h1-4,8H,5,13H2,(H2,14,15)(H2,16,17,18)/t8-/m0/s1. The molecule has 1 aromatic carbocycles. The van der Waals surface area contributed by atoms with Crippen LogP contribution in [0.25, 0.3) is 0 Å². The minimum absolute atomic E-state index is 0.0527. The van der Waals surface area contributed by atoms with E-state index in [1.54, 1.807) is 0 Å². The Kier molecular flexibility index (Phi) is 4.42. The number of carbonyl (C=O) groups excluding carboxylic acids is 1. The van der Waals surface area contributed by atoms with Crippen molar-refractivity contribution in [3.8, 4) is 0 Å². The van der Waals surface area contributed by atoms with Crippen molar-refractivity contribution in [1.29, 1.82) is 0 Å². The topological polar surface area (TPSA) is 127 Å². The van der Waals surface area contributed by atoms with Crippen LogP contribution >= 0.6 is 7.60 Å². The van der Waals surface area contributed by atoms with E-state index in [1.165, 1.54) is 12.1 Å². The molecule has 0 heterocycles. The second-order valence-corrected chi connectivity index (χ2v) is 5.64. The maximum Gasteiger partial charge on any atom is 0.399 e. The molecule has 0 bridgehead atoms. The van der Waals surface area contributed by atoms with Gasteiger partial charge in [0.2, 0.25) is 5.91 Å². The molecule has 19 heavy (non-hydrogen) atoms. The average Bonchev–Trinajstić information content (AvgIpc) is 2.28. The largest absolute Gasteiger partial charge is 0.399 e. The first-order valence-electron chi connectivity index (χ1n) is 5.13. The van der Waals surface area contributed by atoms with Crippen molar-refractivity contribution in [2.75, 3.05) is 0 Å². The minimum Gasteiger partial charge on any atom is -0.368 e. The zero-order chi connectivity index (χ0) is 14.8. The van der Waals surface area contributed by atoms with Crippen LogP contribution in [0.2, 0.25) is 0 Å². The molecule has 0 radical (unpaired) electrons. The van der Waals surface area contributed by atoms with Gasteiger partial charge in [-0.05, 0) is 12.0 Å². The zero-order valence-electron chi connectivity index (χ0n) is 9.66. The van der Waals surface area contributed by atoms with Crippen LogP contribution in [-0.2, 0) is 21.4 Å². The van der Waals surface area contributed by atoms with Gasteiger partial charge < -0.3 is 21.3 Å². The summed E-state index contributed by atoms with van der Waals surface area (Å²) in [5.74, 6) is -0.732. The Balaban J connectivity index is 2.94. The summed E-state index contributed by atoms with van der Waals surface area (Å²) in [5, 5.41) is 0. The highest BCUT2D eigenvalue weighted by atomic mass is 31.2. The molecule has 0 unspecified atom stereocenters. The molecule has 1 atom stereocenters. The van der Waals surface area contributed by atoms with Gasteiger partial charge in [-0.25, -0.2) is 0 Å². The SMILES string of the molecule is NC(=O)[C@@H](N)Cc1ccc(C(F)(F)P(=O)(O)O)cc1. The second kappa shape index (κ2) is 5.34. The van der Waals surface area contributed by atoms with E-state index in [4.69, 9.17) is 21.3 Å². The van der Waals surface area contributed by atoms with E-state index in [0.717, 1.165) is 12.1 Å². The molecule has 0 aromatic heterocycles. The first-order chi connectivity index (χ1) is 8.55. The van der Waals surface area contributed by atoms with Gasteiger partial charge in [-0.3, -0.25) is 9.36 Å². The maximum atomic E-state index is 13.3. The number of nitrogens with two attached hydrogens (primary N) is 2. The summed E-state index contributed by atoms with van der Waals surface area (Å²) >= 11 is 0. The Labute approximate surface area is 107 Å². The van der Waals surface area contributed by atoms with Crippen LogP contribution in [0.5, 0.6) is 0 Å². The fourth-order valence-corrected chi connectivity index (χ4v) is 1.85. The van der Waals surface area contributed by atoms with Crippen LogP contribution in [-0.4, -0.2) is 21.7 Å². The third-order valence-electron chi connectivity index (χ3n) is 2.49. The van der Waals surface area contributed by atoms with E-state index >= 15 is 0 Å². The number of halogens is 2. The normalized spacial score (nSPS) is 14.2. The fraction of sp³-hybridized carbons (Fsp3) is 0.300. The Bertz CT molecular complexity index is 515. The second-order valence-electron chi connectivity index (χ2n) is 4.00. The number of hydrogen-bond donors (Lipinski definition) is 4. The van der Waals surface area contributed by atoms with Crippen LogP contribution in [0.15, 0.2) is 24.3 Å². The molecule has 0 fully saturated rings. The van der Waals surface area contributed by atoms with E-state index in [9.17, 15) is 18.1 Å². The van der Waals surface area contributed by atoms with Gasteiger partial charge in [0.05, 0.1) is 6.04 Å². The van der Waals surface area contributed by atoms with Crippen molar-refractivity contribution < 1.29 is 27.9 Å². The molecule has 0 spiro atoms. The number of carbonyl (C=O) groups is 1. The van der Waals surface area contributed by atoms with E-state index in [2.05, 4.69) is 0 Å². The van der Waals surface area contributed by atoms with E-state index < -0.39 is 30.8 Å². The summed E-state index contributed by atoms with van der Waals surface area (Å²) in [7, 11) is -5.58. The molecular formula is C10H13F2N2O4P. The van der Waals surface area contributed by atoms with Gasteiger partial charge in [0.25, 0.3) is 0 Å². The first kappa shape index (κ1) is 15.7. The maximum absolute atomic E-state index is 13.3. The van der Waals surface area contributed by atoms with Gasteiger partial charge in [-0.15, -0.1) is 0 Å². The third kappa shape index (κ3) is 3.57. The Hall–Kier alpha value is -1.34. The average molecular weight is 294 g/mol. The molecule has 1 aromatic rings. The summed E-state index contributed by atoms with van der Waals surface area (Å²) in [5.41, 5.74) is 5.74. The van der Waals surface area contributed by atoms with Crippen molar-refractivity contribution >= 4 is 13.5 Å². The van der Waals surface area contributed by atoms with Crippen molar-refractivity contribution in [2.45, 2.75) is 18.1 Å². The van der Waals surface area contributed by atoms with Crippen molar-refractivity contribution in [2.24, 2.45) is 11.5 Å². The summed E-state index contributed by atoms with van der Waals surface area (Å²) in [6.07, 6.45) is 0.0527. The van der Waals surface area contributed by atoms with Crippen molar-refractivity contribution in [3.05, 3.63) is 35.4 Å². The molecule has 1 rings (SSSR count). The van der Waals surface area contributed by atoms with Crippen molar-refractivity contribution in [1.82, 2.24) is 0 Å². The highest BCUT2D eigenvalue weighted by Crippen LogP contribution is 2.59. The van der Waals surface area contributed by atoms with Crippen LogP contribution < -0.4 is 11.5 Å². The van der Waals surface area contributed by atoms with Crippen LogP contribution in [0.4, 0.5) is 8.78 Å². The van der Waals surface area contributed by atoms with E-state index in [0.29, 0.717) is 5.56 Å². The lowest BCUT2D eigenvalue weighted by molar-refractivity contribution is -0.119. The van der Waals surface area contributed by atoms with Gasteiger partial charge in [-0.2, -0.15) is 8.78 Å². The quantitative estimate of drug-likeness (QED) is 0.580. The monoisotopic (exact) mass is 294 g/mol. The molecule has 0 aliphatic heterocycles. The third-order valence-corrected chi connectivity index (χ3v) is 3.48. The number of alkyl halides is 2. The van der Waals surface area contributed by atoms with Gasteiger partial charge in [-0.1, -0.05) is 24.3 Å². The van der Waals surface area contributed by atoms with Gasteiger partial charge >= 0.3 is 13.3 Å². The summed E-state index contributed by atoms with van der Waals surface area (Å²) in [6, 6.07) is 3.22. The molecule has 1 amide bonds. The van der Waals surface area contributed by atoms with Crippen LogP contribution in [0, 0.1) is 0 Å². The highest BCUT2D eigenvalue weighted by Gasteiger charge is 2.50. The number of amides is 1. The number of hydrogen-bond acceptors (Lipinski definition) is 3. The summed E-state index contributed by atoms with van der Waals surface area (Å²) in [4.78, 5) is 27.9. The molecule has 106 valence electrons. The molecule has 0 saturated carbocycles. The predicted molar refractivity (Wildman–Crippen MR) is 63.3 cm³/mol. The van der Waals surface area contributed by atoms with E-state index in [1.807, 2.05) is 0 Å². The smallest absolute Gasteiger partial charge is 0.368 e. The molecule has 9 heteroatoms. The molecule has 6 N–H and O–H groups in total. The summed E-state index contributed by atoms with van der Waals surface area (Å²) in [6.45, 7) is 0. The van der Waals surface area contributed by atoms with Gasteiger partial charge in [0, 0.05) is 5.56 Å². The molecule has 0 aliphatic rings. The van der Waals surface area contributed by atoms with Crippen LogP contribution in [0.1, 0.15) is 11.1 Å². The first-order valence-corrected chi connectivity index (χ1v) is 6.74. The lowest BCUT2D eigenvalue weighted by Gasteiger charge is -2.18. The van der Waals surface area contributed by atoms with E-state index in [-0.39, 0.29) is 6.42 Å². The van der Waals surface area contributed by atoms with Gasteiger partial charge in [0.1, 0.15) is 0 Å². The Morgan fingerprint density at radius 1 is 1.32 bits per heavy atom. The molecule has 6 nitrogen and oxygen atoms in total. The minimum atomic E-state index is -5.58. The highest BCUT2D eigenvalue weighted by molar-refractivity contribution is 7.52. The number of benzene rings is 1. The Morgan fingerprint density at radius 3 is 2.16 bits per heavy atom. The Morgan fingerprint density at radius 2 is 1.79 bits per heavy atom. The lowest BCUT2D eigenvalue weighted by atomic mass is 10.0. The predicted octanol–water partition coefficient (Wildman–Crippen LogP) is 0.269. The summed E-state index contributed by atoms with van der Waals surface area (Å²) < 4.78 is 37.3.